The fourth-order valence-corrected chi connectivity index (χ4v) is 2.13. The van der Waals surface area contributed by atoms with E-state index in [1.165, 1.54) is 5.01 Å². The molecule has 1 N–H and O–H groups in total. The van der Waals surface area contributed by atoms with Crippen molar-refractivity contribution < 1.29 is 9.59 Å². The highest BCUT2D eigenvalue weighted by Gasteiger charge is 2.29. The van der Waals surface area contributed by atoms with Crippen LogP contribution in [0.4, 0.5) is 4.79 Å². The number of para-hydroxylation sites is 1. The van der Waals surface area contributed by atoms with Crippen LogP contribution in [0.15, 0.2) is 30.5 Å². The maximum atomic E-state index is 11.6. The van der Waals surface area contributed by atoms with Crippen LogP contribution in [0.3, 0.4) is 0 Å². The quantitative estimate of drug-likeness (QED) is 0.745. The molecule has 0 radical (unpaired) electrons. The van der Waals surface area contributed by atoms with Gasteiger partial charge in [-0.05, 0) is 18.6 Å². The molecule has 17 heavy (non-hydrogen) atoms. The van der Waals surface area contributed by atoms with Crippen molar-refractivity contribution in [3.63, 3.8) is 0 Å². The lowest BCUT2D eigenvalue weighted by Gasteiger charge is -2.15. The molecule has 2 aromatic rings. The third-order valence-corrected chi connectivity index (χ3v) is 2.93. The summed E-state index contributed by atoms with van der Waals surface area (Å²) in [6.45, 7) is 2.05. The first-order chi connectivity index (χ1) is 8.16. The normalized spacial score (nSPS) is 15.7. The summed E-state index contributed by atoms with van der Waals surface area (Å²) >= 11 is 0. The summed E-state index contributed by atoms with van der Waals surface area (Å²) in [7, 11) is 0. The Bertz CT molecular complexity index is 630. The number of hydrogen-bond donors (Lipinski definition) is 1. The van der Waals surface area contributed by atoms with E-state index in [1.54, 1.807) is 4.68 Å². The van der Waals surface area contributed by atoms with Crippen molar-refractivity contribution in [1.29, 1.82) is 0 Å². The number of imide groups is 1. The average Bonchev–Trinajstić information content (AvgIpc) is 2.80. The van der Waals surface area contributed by atoms with E-state index < -0.39 is 0 Å². The van der Waals surface area contributed by atoms with Gasteiger partial charge in [0.15, 0.2) is 0 Å². The predicted molar refractivity (Wildman–Crippen MR) is 63.3 cm³/mol. The zero-order chi connectivity index (χ0) is 12.0. The van der Waals surface area contributed by atoms with Crippen molar-refractivity contribution in [2.24, 2.45) is 0 Å². The molecule has 3 rings (SSSR count). The number of aromatic nitrogens is 1. The first kappa shape index (κ1) is 9.89. The molecule has 0 unspecified atom stereocenters. The molecule has 1 aromatic carbocycles. The van der Waals surface area contributed by atoms with Gasteiger partial charge in [-0.1, -0.05) is 18.2 Å². The zero-order valence-electron chi connectivity index (χ0n) is 9.30. The second-order valence-corrected chi connectivity index (χ2v) is 4.08. The standard InChI is InChI=1S/C12H11N3O2/c1-8-6-14(10-5-3-2-4-9(8)10)15-7-11(16)13-12(15)17/h2-6H,7H2,1H3,(H,13,16,17). The minimum absolute atomic E-state index is 0.0664. The summed E-state index contributed by atoms with van der Waals surface area (Å²) in [6.07, 6.45) is 1.86. The van der Waals surface area contributed by atoms with E-state index in [0.717, 1.165) is 16.5 Å². The molecule has 1 saturated heterocycles. The van der Waals surface area contributed by atoms with Crippen LogP contribution in [0, 0.1) is 6.92 Å². The molecule has 2 heterocycles. The Morgan fingerprint density at radius 1 is 1.24 bits per heavy atom. The number of rotatable bonds is 1. The van der Waals surface area contributed by atoms with Gasteiger partial charge < -0.3 is 0 Å². The second kappa shape index (κ2) is 3.35. The molecule has 3 amide bonds. The Hall–Kier alpha value is -2.30. The molecular formula is C12H11N3O2. The molecule has 1 aliphatic rings. The van der Waals surface area contributed by atoms with E-state index in [9.17, 15) is 9.59 Å². The predicted octanol–water partition coefficient (Wildman–Crippen LogP) is 1.14. The van der Waals surface area contributed by atoms with Gasteiger partial charge >= 0.3 is 6.03 Å². The lowest BCUT2D eigenvalue weighted by atomic mass is 10.2. The average molecular weight is 229 g/mol. The van der Waals surface area contributed by atoms with Gasteiger partial charge in [0.1, 0.15) is 6.54 Å². The third kappa shape index (κ3) is 1.39. The monoisotopic (exact) mass is 229 g/mol. The van der Waals surface area contributed by atoms with Gasteiger partial charge in [-0.2, -0.15) is 0 Å². The number of carbonyl (C=O) groups excluding carboxylic acids is 2. The number of fused-ring (bicyclic) bond motifs is 1. The molecule has 1 aliphatic heterocycles. The summed E-state index contributed by atoms with van der Waals surface area (Å²) in [6, 6.07) is 7.41. The lowest BCUT2D eigenvalue weighted by molar-refractivity contribution is -0.117. The lowest BCUT2D eigenvalue weighted by Crippen LogP contribution is -2.37. The minimum Gasteiger partial charge on any atom is -0.275 e. The molecule has 0 atom stereocenters. The van der Waals surface area contributed by atoms with Crippen LogP contribution in [-0.2, 0) is 4.79 Å². The molecule has 0 bridgehead atoms. The smallest absolute Gasteiger partial charge is 0.275 e. The molecule has 1 aromatic heterocycles. The van der Waals surface area contributed by atoms with E-state index in [2.05, 4.69) is 5.32 Å². The van der Waals surface area contributed by atoms with Crippen LogP contribution < -0.4 is 10.3 Å². The minimum atomic E-state index is -0.379. The number of amides is 3. The number of aryl methyl sites for hydroxylation is 1. The third-order valence-electron chi connectivity index (χ3n) is 2.93. The summed E-state index contributed by atoms with van der Waals surface area (Å²) < 4.78 is 1.73. The molecule has 5 nitrogen and oxygen atoms in total. The van der Waals surface area contributed by atoms with E-state index in [-0.39, 0.29) is 18.5 Å². The Balaban J connectivity index is 2.18. The van der Waals surface area contributed by atoms with Crippen molar-refractivity contribution in [3.05, 3.63) is 36.0 Å². The van der Waals surface area contributed by atoms with Gasteiger partial charge in [0.05, 0.1) is 5.52 Å². The van der Waals surface area contributed by atoms with Gasteiger partial charge in [-0.25, -0.2) is 9.80 Å². The summed E-state index contributed by atoms with van der Waals surface area (Å²) in [4.78, 5) is 22.8. The number of carbonyl (C=O) groups is 2. The number of nitrogens with zero attached hydrogens (tertiary/aromatic N) is 2. The maximum absolute atomic E-state index is 11.6. The van der Waals surface area contributed by atoms with E-state index >= 15 is 0 Å². The zero-order valence-corrected chi connectivity index (χ0v) is 9.30. The molecule has 0 spiro atoms. The van der Waals surface area contributed by atoms with E-state index in [1.807, 2.05) is 37.4 Å². The van der Waals surface area contributed by atoms with Crippen LogP contribution >= 0.6 is 0 Å². The first-order valence-electron chi connectivity index (χ1n) is 5.35. The van der Waals surface area contributed by atoms with Crippen molar-refractivity contribution in [3.8, 4) is 0 Å². The van der Waals surface area contributed by atoms with Crippen molar-refractivity contribution in [1.82, 2.24) is 9.99 Å². The van der Waals surface area contributed by atoms with Crippen LogP contribution in [0.5, 0.6) is 0 Å². The van der Waals surface area contributed by atoms with Crippen molar-refractivity contribution in [2.45, 2.75) is 6.92 Å². The first-order valence-corrected chi connectivity index (χ1v) is 5.35. The fourth-order valence-electron chi connectivity index (χ4n) is 2.13. The van der Waals surface area contributed by atoms with Gasteiger partial charge in [-0.15, -0.1) is 0 Å². The van der Waals surface area contributed by atoms with Gasteiger partial charge in [0.25, 0.3) is 0 Å². The Labute approximate surface area is 97.6 Å². The molecule has 1 fully saturated rings. The fraction of sp³-hybridized carbons (Fsp3) is 0.167. The van der Waals surface area contributed by atoms with Crippen LogP contribution in [0.25, 0.3) is 10.9 Å². The van der Waals surface area contributed by atoms with Crippen molar-refractivity contribution >= 4 is 22.8 Å². The number of urea groups is 1. The summed E-state index contributed by atoms with van der Waals surface area (Å²) in [5.41, 5.74) is 2.00. The largest absolute Gasteiger partial charge is 0.343 e. The van der Waals surface area contributed by atoms with E-state index in [4.69, 9.17) is 0 Å². The maximum Gasteiger partial charge on any atom is 0.343 e. The van der Waals surface area contributed by atoms with Crippen LogP contribution in [0.2, 0.25) is 0 Å². The van der Waals surface area contributed by atoms with Crippen molar-refractivity contribution in [2.75, 3.05) is 11.6 Å². The van der Waals surface area contributed by atoms with Crippen LogP contribution in [-0.4, -0.2) is 23.2 Å². The number of nitrogens with one attached hydrogen (secondary N) is 1. The highest BCUT2D eigenvalue weighted by Crippen LogP contribution is 2.21. The topological polar surface area (TPSA) is 54.3 Å². The molecule has 0 saturated carbocycles. The number of hydrogen-bond acceptors (Lipinski definition) is 2. The summed E-state index contributed by atoms with van der Waals surface area (Å²) in [5.74, 6) is -0.273. The molecule has 5 heteroatoms. The van der Waals surface area contributed by atoms with Crippen LogP contribution in [0.1, 0.15) is 5.56 Å². The molecule has 0 aliphatic carbocycles. The molecule has 86 valence electrons. The number of benzene rings is 1. The summed E-state index contributed by atoms with van der Waals surface area (Å²) in [5, 5.41) is 4.75. The van der Waals surface area contributed by atoms with Gasteiger partial charge in [0, 0.05) is 11.6 Å². The highest BCUT2D eigenvalue weighted by atomic mass is 16.2. The Morgan fingerprint density at radius 3 is 2.71 bits per heavy atom. The second-order valence-electron chi connectivity index (χ2n) is 4.08. The Kier molecular flexibility index (Phi) is 1.95. The van der Waals surface area contributed by atoms with Gasteiger partial charge in [-0.3, -0.25) is 14.8 Å². The van der Waals surface area contributed by atoms with Gasteiger partial charge in [0.2, 0.25) is 5.91 Å². The molecular weight excluding hydrogens is 218 g/mol. The van der Waals surface area contributed by atoms with E-state index in [0.29, 0.717) is 0 Å². The SMILES string of the molecule is Cc1cn(N2CC(=O)NC2=O)c2ccccc12. The highest BCUT2D eigenvalue weighted by molar-refractivity contribution is 6.09. The Morgan fingerprint density at radius 2 is 2.00 bits per heavy atom.